The van der Waals surface area contributed by atoms with Gasteiger partial charge in [0.05, 0.1) is 0 Å². The summed E-state index contributed by atoms with van der Waals surface area (Å²) >= 11 is 1.69. The number of aromatic amines is 1. The minimum Gasteiger partial charge on any atom is -0.326 e. The van der Waals surface area contributed by atoms with Crippen LogP contribution in [0.1, 0.15) is 18.2 Å². The summed E-state index contributed by atoms with van der Waals surface area (Å²) in [5.74, 6) is 1.18. The molecule has 1 aromatic rings. The molecule has 0 fully saturated rings. The Morgan fingerprint density at radius 3 is 2.78 bits per heavy atom. The van der Waals surface area contributed by atoms with Crippen LogP contribution in [0.25, 0.3) is 0 Å². The summed E-state index contributed by atoms with van der Waals surface area (Å²) in [4.78, 5) is 0. The molecule has 104 valence electrons. The van der Waals surface area contributed by atoms with E-state index in [0.717, 1.165) is 5.75 Å². The van der Waals surface area contributed by atoms with Crippen LogP contribution in [-0.2, 0) is 16.6 Å². The molecule has 0 aliphatic rings. The molecule has 0 radical (unpaired) electrons. The Morgan fingerprint density at radius 1 is 1.56 bits per heavy atom. The van der Waals surface area contributed by atoms with Gasteiger partial charge in [0.15, 0.2) is 5.03 Å². The number of thioether (sulfide) groups is 1. The number of hydrogen-bond acceptors (Lipinski definition) is 5. The lowest BCUT2D eigenvalue weighted by Gasteiger charge is -2.11. The number of rotatable bonds is 7. The Balaban J connectivity index is 2.80. The second-order valence-corrected chi connectivity index (χ2v) is 6.84. The fraction of sp³-hybridized carbons (Fsp3) is 0.700. The van der Waals surface area contributed by atoms with Gasteiger partial charge in [-0.2, -0.15) is 16.9 Å². The van der Waals surface area contributed by atoms with Crippen molar-refractivity contribution in [1.29, 1.82) is 0 Å². The molecule has 1 aromatic heterocycles. The molecule has 0 saturated heterocycles. The molecule has 1 atom stereocenters. The molecule has 0 spiro atoms. The van der Waals surface area contributed by atoms with Crippen LogP contribution < -0.4 is 10.5 Å². The van der Waals surface area contributed by atoms with Crippen LogP contribution in [0.5, 0.6) is 0 Å². The highest BCUT2D eigenvalue weighted by atomic mass is 32.2. The first kappa shape index (κ1) is 15.5. The minimum atomic E-state index is -3.58. The van der Waals surface area contributed by atoms with Gasteiger partial charge in [0.1, 0.15) is 0 Å². The van der Waals surface area contributed by atoms with Gasteiger partial charge in [-0.05, 0) is 24.9 Å². The monoisotopic (exact) mass is 292 g/mol. The summed E-state index contributed by atoms with van der Waals surface area (Å²) in [5, 5.41) is 6.49. The van der Waals surface area contributed by atoms with E-state index in [1.165, 1.54) is 0 Å². The summed E-state index contributed by atoms with van der Waals surface area (Å²) in [6.07, 6.45) is 1.99. The number of H-pyrrole nitrogens is 1. The van der Waals surface area contributed by atoms with Gasteiger partial charge in [-0.15, -0.1) is 0 Å². The normalized spacial score (nSPS) is 13.8. The first-order valence-corrected chi connectivity index (χ1v) is 8.52. The Labute approximate surface area is 112 Å². The molecule has 18 heavy (non-hydrogen) atoms. The van der Waals surface area contributed by atoms with Crippen molar-refractivity contribution in [2.24, 2.45) is 11.7 Å². The molecule has 0 saturated carbocycles. The van der Waals surface area contributed by atoms with Crippen LogP contribution in [0.2, 0.25) is 0 Å². The van der Waals surface area contributed by atoms with Crippen molar-refractivity contribution < 1.29 is 8.42 Å². The van der Waals surface area contributed by atoms with E-state index in [2.05, 4.69) is 14.9 Å². The van der Waals surface area contributed by atoms with Crippen molar-refractivity contribution in [2.45, 2.75) is 25.4 Å². The first-order valence-electron chi connectivity index (χ1n) is 5.64. The van der Waals surface area contributed by atoms with Gasteiger partial charge in [0.25, 0.3) is 10.0 Å². The zero-order valence-electron chi connectivity index (χ0n) is 10.9. The summed E-state index contributed by atoms with van der Waals surface area (Å²) < 4.78 is 26.7. The van der Waals surface area contributed by atoms with Gasteiger partial charge < -0.3 is 5.73 Å². The minimum absolute atomic E-state index is 0.0128. The Hall–Kier alpha value is -0.570. The average Bonchev–Trinajstić information content (AvgIpc) is 2.69. The molecule has 1 heterocycles. The molecule has 6 nitrogen and oxygen atoms in total. The molecule has 0 amide bonds. The quantitative estimate of drug-likeness (QED) is 0.677. The Morgan fingerprint density at radius 2 is 2.22 bits per heavy atom. The van der Waals surface area contributed by atoms with Crippen molar-refractivity contribution in [3.63, 3.8) is 0 Å². The maximum Gasteiger partial charge on any atom is 0.260 e. The number of nitrogens with zero attached hydrogens (tertiary/aromatic N) is 1. The molecule has 8 heteroatoms. The second kappa shape index (κ2) is 6.55. The molecule has 0 aliphatic carbocycles. The smallest absolute Gasteiger partial charge is 0.260 e. The van der Waals surface area contributed by atoms with Gasteiger partial charge in [0, 0.05) is 24.3 Å². The van der Waals surface area contributed by atoms with Crippen molar-refractivity contribution in [3.05, 3.63) is 11.3 Å². The predicted molar refractivity (Wildman–Crippen MR) is 74.0 cm³/mol. The van der Waals surface area contributed by atoms with Crippen molar-refractivity contribution in [3.8, 4) is 0 Å². The molecule has 0 bridgehead atoms. The van der Waals surface area contributed by atoms with Gasteiger partial charge in [-0.25, -0.2) is 13.1 Å². The van der Waals surface area contributed by atoms with Crippen molar-refractivity contribution >= 4 is 21.8 Å². The molecule has 4 N–H and O–H groups in total. The Kier molecular flexibility index (Phi) is 5.64. The van der Waals surface area contributed by atoms with Crippen LogP contribution >= 0.6 is 11.8 Å². The van der Waals surface area contributed by atoms with E-state index in [0.29, 0.717) is 17.8 Å². The third kappa shape index (κ3) is 3.71. The predicted octanol–water partition coefficient (Wildman–Crippen LogP) is 0.454. The third-order valence-corrected chi connectivity index (χ3v) is 4.86. The molecule has 1 rings (SSSR count). The van der Waals surface area contributed by atoms with Crippen LogP contribution in [0.15, 0.2) is 5.03 Å². The summed E-state index contributed by atoms with van der Waals surface area (Å²) in [6, 6.07) is 0. The number of sulfonamides is 1. The second-order valence-electron chi connectivity index (χ2n) is 4.25. The zero-order chi connectivity index (χ0) is 13.8. The number of hydrogen-bond donors (Lipinski definition) is 3. The van der Waals surface area contributed by atoms with E-state index in [-0.39, 0.29) is 17.5 Å². The van der Waals surface area contributed by atoms with Crippen molar-refractivity contribution in [2.75, 3.05) is 18.6 Å². The van der Waals surface area contributed by atoms with Crippen molar-refractivity contribution in [1.82, 2.24) is 14.9 Å². The number of aromatic nitrogens is 2. The van der Waals surface area contributed by atoms with E-state index in [1.807, 2.05) is 13.2 Å². The highest BCUT2D eigenvalue weighted by Gasteiger charge is 2.23. The van der Waals surface area contributed by atoms with Gasteiger partial charge in [0.2, 0.25) is 0 Å². The molecule has 1 unspecified atom stereocenters. The van der Waals surface area contributed by atoms with E-state index in [1.54, 1.807) is 18.7 Å². The number of nitrogens with one attached hydrogen (secondary N) is 2. The molecular weight excluding hydrogens is 272 g/mol. The first-order chi connectivity index (χ1) is 8.42. The van der Waals surface area contributed by atoms with Gasteiger partial charge in [-0.1, -0.05) is 6.92 Å². The van der Waals surface area contributed by atoms with E-state index >= 15 is 0 Å². The lowest BCUT2D eigenvalue weighted by molar-refractivity contribution is 0.558. The molecular formula is C10H20N4O2S2. The zero-order valence-corrected chi connectivity index (χ0v) is 12.5. The fourth-order valence-electron chi connectivity index (χ4n) is 1.56. The molecule has 0 aromatic carbocycles. The maximum absolute atomic E-state index is 12.1. The highest BCUT2D eigenvalue weighted by molar-refractivity contribution is 7.98. The standard InChI is InChI=1S/C10H20N4O2S2/c1-7(6-17-3)5-12-18(15,16)10-9(4-11)8(2)13-14-10/h7,12H,4-6,11H2,1-3H3,(H,13,14). The average molecular weight is 292 g/mol. The topological polar surface area (TPSA) is 101 Å². The van der Waals surface area contributed by atoms with Crippen LogP contribution in [0.3, 0.4) is 0 Å². The maximum atomic E-state index is 12.1. The number of nitrogens with two attached hydrogens (primary N) is 1. The van der Waals surface area contributed by atoms with E-state index in [9.17, 15) is 8.42 Å². The van der Waals surface area contributed by atoms with Gasteiger partial charge in [-0.3, -0.25) is 5.10 Å². The van der Waals surface area contributed by atoms with Crippen LogP contribution in [0.4, 0.5) is 0 Å². The lowest BCUT2D eigenvalue weighted by atomic mass is 10.2. The molecule has 0 aliphatic heterocycles. The fourth-order valence-corrected chi connectivity index (χ4v) is 3.61. The summed E-state index contributed by atoms with van der Waals surface area (Å²) in [5.41, 5.74) is 6.77. The highest BCUT2D eigenvalue weighted by Crippen LogP contribution is 2.15. The van der Waals surface area contributed by atoms with Crippen LogP contribution in [0, 0.1) is 12.8 Å². The van der Waals surface area contributed by atoms with E-state index < -0.39 is 10.0 Å². The summed E-state index contributed by atoms with van der Waals surface area (Å²) in [7, 11) is -3.58. The van der Waals surface area contributed by atoms with Crippen LogP contribution in [-0.4, -0.2) is 37.2 Å². The Bertz CT molecular complexity index is 484. The lowest BCUT2D eigenvalue weighted by Crippen LogP contribution is -2.30. The number of aryl methyl sites for hydroxylation is 1. The summed E-state index contributed by atoms with van der Waals surface area (Å²) in [6.45, 7) is 4.31. The van der Waals surface area contributed by atoms with E-state index in [4.69, 9.17) is 5.73 Å². The van der Waals surface area contributed by atoms with Gasteiger partial charge >= 0.3 is 0 Å². The largest absolute Gasteiger partial charge is 0.326 e. The SMILES string of the molecule is CSCC(C)CNS(=O)(=O)c1n[nH]c(C)c1CN. The third-order valence-electron chi connectivity index (χ3n) is 2.57.